The third-order valence-electron chi connectivity index (χ3n) is 5.95. The fourth-order valence-corrected chi connectivity index (χ4v) is 4.39. The van der Waals surface area contributed by atoms with Crippen LogP contribution in [0.25, 0.3) is 11.5 Å². The van der Waals surface area contributed by atoms with Gasteiger partial charge < -0.3 is 9.42 Å². The lowest BCUT2D eigenvalue weighted by molar-refractivity contribution is -0.133. The molecule has 1 amide bonds. The molecule has 1 aromatic carbocycles. The van der Waals surface area contributed by atoms with Gasteiger partial charge in [0.05, 0.1) is 6.54 Å². The predicted molar refractivity (Wildman–Crippen MR) is 108 cm³/mol. The van der Waals surface area contributed by atoms with Gasteiger partial charge in [-0.1, -0.05) is 36.2 Å². The fourth-order valence-electron chi connectivity index (χ4n) is 4.39. The Labute approximate surface area is 166 Å². The number of aromatic nitrogens is 2. The SMILES string of the molecule is O=C(CN1CCCCCC1)N1CCCC1CCc1noc(-c2ccccc2)n1. The van der Waals surface area contributed by atoms with Crippen LogP contribution in [-0.4, -0.2) is 58.1 Å². The number of rotatable bonds is 6. The van der Waals surface area contributed by atoms with Crippen LogP contribution in [0, 0.1) is 0 Å². The maximum Gasteiger partial charge on any atom is 0.257 e. The van der Waals surface area contributed by atoms with Crippen molar-refractivity contribution < 1.29 is 9.32 Å². The maximum absolute atomic E-state index is 12.9. The zero-order valence-electron chi connectivity index (χ0n) is 16.6. The van der Waals surface area contributed by atoms with E-state index in [1.54, 1.807) is 0 Å². The molecule has 6 heteroatoms. The number of nitrogens with zero attached hydrogens (tertiary/aromatic N) is 4. The van der Waals surface area contributed by atoms with E-state index in [2.05, 4.69) is 19.9 Å². The van der Waals surface area contributed by atoms with E-state index < -0.39 is 0 Å². The van der Waals surface area contributed by atoms with Crippen LogP contribution in [0.4, 0.5) is 0 Å². The molecule has 1 unspecified atom stereocenters. The van der Waals surface area contributed by atoms with Gasteiger partial charge in [-0.25, -0.2) is 0 Å². The standard InChI is InChI=1S/C22H30N4O2/c27-21(17-25-14-6-1-2-7-15-25)26-16-8-11-19(26)12-13-20-23-22(28-24-20)18-9-4-3-5-10-18/h3-5,9-10,19H,1-2,6-8,11-17H2. The molecule has 0 saturated carbocycles. The number of hydrogen-bond acceptors (Lipinski definition) is 5. The predicted octanol–water partition coefficient (Wildman–Crippen LogP) is 3.54. The van der Waals surface area contributed by atoms with Crippen molar-refractivity contribution in [2.24, 2.45) is 0 Å². The van der Waals surface area contributed by atoms with Gasteiger partial charge in [0.2, 0.25) is 5.91 Å². The van der Waals surface area contributed by atoms with Crippen LogP contribution in [0.3, 0.4) is 0 Å². The molecule has 0 N–H and O–H groups in total. The molecule has 2 aromatic rings. The van der Waals surface area contributed by atoms with Gasteiger partial charge >= 0.3 is 0 Å². The summed E-state index contributed by atoms with van der Waals surface area (Å²) in [7, 11) is 0. The third-order valence-corrected chi connectivity index (χ3v) is 5.95. The molecule has 0 radical (unpaired) electrons. The van der Waals surface area contributed by atoms with Crippen LogP contribution in [0.1, 0.15) is 50.8 Å². The number of benzene rings is 1. The van der Waals surface area contributed by atoms with E-state index in [0.717, 1.165) is 56.7 Å². The first-order valence-corrected chi connectivity index (χ1v) is 10.7. The Bertz CT molecular complexity index is 753. The number of amides is 1. The van der Waals surface area contributed by atoms with Crippen molar-refractivity contribution in [3.8, 4) is 11.5 Å². The normalized spacial score (nSPS) is 21.0. The Morgan fingerprint density at radius 2 is 1.82 bits per heavy atom. The smallest absolute Gasteiger partial charge is 0.257 e. The third kappa shape index (κ3) is 4.79. The largest absolute Gasteiger partial charge is 0.339 e. The van der Waals surface area contributed by atoms with Crippen LogP contribution in [-0.2, 0) is 11.2 Å². The van der Waals surface area contributed by atoms with Gasteiger partial charge in [-0.2, -0.15) is 4.98 Å². The van der Waals surface area contributed by atoms with Crippen LogP contribution in [0.5, 0.6) is 0 Å². The van der Waals surface area contributed by atoms with Crippen molar-refractivity contribution in [3.63, 3.8) is 0 Å². The average Bonchev–Trinajstić information content (AvgIpc) is 3.32. The molecule has 2 fully saturated rings. The first kappa shape index (κ1) is 19.1. The van der Waals surface area contributed by atoms with Crippen molar-refractivity contribution in [2.75, 3.05) is 26.2 Å². The number of carbonyl (C=O) groups is 1. The number of hydrogen-bond donors (Lipinski definition) is 0. The Hall–Kier alpha value is -2.21. The van der Waals surface area contributed by atoms with Gasteiger partial charge in [-0.3, -0.25) is 9.69 Å². The molecule has 4 rings (SSSR count). The van der Waals surface area contributed by atoms with E-state index in [-0.39, 0.29) is 0 Å². The zero-order chi connectivity index (χ0) is 19.2. The highest BCUT2D eigenvalue weighted by atomic mass is 16.5. The van der Waals surface area contributed by atoms with Crippen LogP contribution >= 0.6 is 0 Å². The molecule has 3 heterocycles. The summed E-state index contributed by atoms with van der Waals surface area (Å²) in [5.41, 5.74) is 0.941. The highest BCUT2D eigenvalue weighted by Crippen LogP contribution is 2.23. The summed E-state index contributed by atoms with van der Waals surface area (Å²) in [4.78, 5) is 21.8. The van der Waals surface area contributed by atoms with E-state index in [1.165, 1.54) is 25.7 Å². The minimum absolute atomic E-state index is 0.294. The first-order chi connectivity index (χ1) is 13.8. The molecule has 2 aliphatic rings. The number of likely N-dealkylation sites (tertiary alicyclic amines) is 2. The molecule has 150 valence electrons. The van der Waals surface area contributed by atoms with Gasteiger partial charge in [0.15, 0.2) is 5.82 Å². The van der Waals surface area contributed by atoms with E-state index in [9.17, 15) is 4.79 Å². The zero-order valence-corrected chi connectivity index (χ0v) is 16.6. The van der Waals surface area contributed by atoms with E-state index in [1.807, 2.05) is 30.3 Å². The Balaban J connectivity index is 1.30. The molecule has 0 bridgehead atoms. The lowest BCUT2D eigenvalue weighted by Gasteiger charge is -2.28. The highest BCUT2D eigenvalue weighted by molar-refractivity contribution is 5.78. The van der Waals surface area contributed by atoms with Gasteiger partial charge in [0.1, 0.15) is 0 Å². The van der Waals surface area contributed by atoms with Crippen molar-refractivity contribution >= 4 is 5.91 Å². The van der Waals surface area contributed by atoms with Gasteiger partial charge in [-0.15, -0.1) is 0 Å². The Kier molecular flexibility index (Phi) is 6.37. The monoisotopic (exact) mass is 382 g/mol. The molecular formula is C22H30N4O2. The van der Waals surface area contributed by atoms with E-state index in [4.69, 9.17) is 4.52 Å². The molecule has 1 aromatic heterocycles. The fraction of sp³-hybridized carbons (Fsp3) is 0.591. The Morgan fingerprint density at radius 3 is 2.61 bits per heavy atom. The van der Waals surface area contributed by atoms with Crippen LogP contribution < -0.4 is 0 Å². The summed E-state index contributed by atoms with van der Waals surface area (Å²) in [6.45, 7) is 3.60. The Morgan fingerprint density at radius 1 is 1.04 bits per heavy atom. The van der Waals surface area contributed by atoms with Crippen LogP contribution in [0.15, 0.2) is 34.9 Å². The topological polar surface area (TPSA) is 62.5 Å². The minimum atomic E-state index is 0.294. The summed E-state index contributed by atoms with van der Waals surface area (Å²) in [5, 5.41) is 4.13. The van der Waals surface area contributed by atoms with Gasteiger partial charge in [0.25, 0.3) is 5.89 Å². The minimum Gasteiger partial charge on any atom is -0.339 e. The molecule has 0 aliphatic carbocycles. The molecule has 6 nitrogen and oxygen atoms in total. The summed E-state index contributed by atoms with van der Waals surface area (Å²) in [5.74, 6) is 1.59. The highest BCUT2D eigenvalue weighted by Gasteiger charge is 2.29. The van der Waals surface area contributed by atoms with Crippen molar-refractivity contribution in [2.45, 2.75) is 57.4 Å². The van der Waals surface area contributed by atoms with Crippen molar-refractivity contribution in [1.82, 2.24) is 19.9 Å². The molecule has 0 spiro atoms. The lowest BCUT2D eigenvalue weighted by Crippen LogP contribution is -2.43. The van der Waals surface area contributed by atoms with E-state index in [0.29, 0.717) is 24.4 Å². The van der Waals surface area contributed by atoms with Gasteiger partial charge in [-0.05, 0) is 57.3 Å². The average molecular weight is 383 g/mol. The molecule has 2 aliphatic heterocycles. The number of carbonyl (C=O) groups excluding carboxylic acids is 1. The summed E-state index contributed by atoms with van der Waals surface area (Å²) in [6, 6.07) is 10.1. The quantitative estimate of drug-likeness (QED) is 0.765. The molecule has 1 atom stereocenters. The second kappa shape index (κ2) is 9.32. The van der Waals surface area contributed by atoms with E-state index >= 15 is 0 Å². The second-order valence-electron chi connectivity index (χ2n) is 7.99. The van der Waals surface area contributed by atoms with Gasteiger partial charge in [0, 0.05) is 24.6 Å². The van der Waals surface area contributed by atoms with Crippen molar-refractivity contribution in [1.29, 1.82) is 0 Å². The summed E-state index contributed by atoms with van der Waals surface area (Å²) >= 11 is 0. The molecule has 28 heavy (non-hydrogen) atoms. The maximum atomic E-state index is 12.9. The first-order valence-electron chi connectivity index (χ1n) is 10.7. The molecular weight excluding hydrogens is 352 g/mol. The summed E-state index contributed by atoms with van der Waals surface area (Å²) < 4.78 is 5.40. The van der Waals surface area contributed by atoms with Crippen molar-refractivity contribution in [3.05, 3.63) is 36.2 Å². The number of aryl methyl sites for hydroxylation is 1. The molecule has 2 saturated heterocycles. The second-order valence-corrected chi connectivity index (χ2v) is 7.99. The summed E-state index contributed by atoms with van der Waals surface area (Å²) in [6.07, 6.45) is 8.86. The lowest BCUT2D eigenvalue weighted by atomic mass is 10.1. The van der Waals surface area contributed by atoms with Crippen LogP contribution in [0.2, 0.25) is 0 Å².